The minimum absolute atomic E-state index is 0.752. The fraction of sp³-hybridized carbons (Fsp3) is 0.632. The Hall–Kier alpha value is -0.980. The zero-order chi connectivity index (χ0) is 14.9. The highest BCUT2D eigenvalue weighted by molar-refractivity contribution is 7.78. The molecule has 1 aliphatic carbocycles. The number of isothiocyanates is 1. The second kappa shape index (κ2) is 9.12. The first-order valence-corrected chi connectivity index (χ1v) is 8.92. The summed E-state index contributed by atoms with van der Waals surface area (Å²) < 4.78 is 0. The molecule has 0 bridgehead atoms. The minimum atomic E-state index is 0.752. The van der Waals surface area contributed by atoms with Gasteiger partial charge in [0, 0.05) is 0 Å². The van der Waals surface area contributed by atoms with Crippen LogP contribution in [0.3, 0.4) is 0 Å². The number of rotatable bonds is 7. The van der Waals surface area contributed by atoms with Crippen LogP contribution >= 0.6 is 12.2 Å². The van der Waals surface area contributed by atoms with Gasteiger partial charge in [0.1, 0.15) is 0 Å². The number of hydrogen-bond donors (Lipinski definition) is 0. The highest BCUT2D eigenvalue weighted by Crippen LogP contribution is 2.38. The lowest BCUT2D eigenvalue weighted by Crippen LogP contribution is -2.13. The summed E-state index contributed by atoms with van der Waals surface area (Å²) in [6.45, 7) is 2.29. The molecule has 1 aromatic carbocycles. The Balaban J connectivity index is 1.76. The van der Waals surface area contributed by atoms with E-state index in [4.69, 9.17) is 0 Å². The van der Waals surface area contributed by atoms with Crippen LogP contribution in [0.5, 0.6) is 0 Å². The predicted molar refractivity (Wildman–Crippen MR) is 94.6 cm³/mol. The molecule has 0 radical (unpaired) electrons. The lowest BCUT2D eigenvalue weighted by atomic mass is 9.77. The molecule has 0 N–H and O–H groups in total. The van der Waals surface area contributed by atoms with Gasteiger partial charge < -0.3 is 0 Å². The largest absolute Gasteiger partial charge is 0.195 e. The van der Waals surface area contributed by atoms with Crippen molar-refractivity contribution in [1.82, 2.24) is 0 Å². The van der Waals surface area contributed by atoms with Crippen molar-refractivity contribution < 1.29 is 0 Å². The van der Waals surface area contributed by atoms with Gasteiger partial charge in [-0.15, -0.1) is 0 Å². The molecule has 0 saturated heterocycles. The van der Waals surface area contributed by atoms with Crippen molar-refractivity contribution in [3.05, 3.63) is 29.8 Å². The second-order valence-corrected chi connectivity index (χ2v) is 6.54. The van der Waals surface area contributed by atoms with Gasteiger partial charge in [0.2, 0.25) is 0 Å². The Labute approximate surface area is 134 Å². The molecule has 114 valence electrons. The number of aliphatic imine (C=N–C) groups is 1. The van der Waals surface area contributed by atoms with Gasteiger partial charge in [0.15, 0.2) is 0 Å². The van der Waals surface area contributed by atoms with Crippen LogP contribution in [0.15, 0.2) is 29.3 Å². The van der Waals surface area contributed by atoms with Gasteiger partial charge in [-0.1, -0.05) is 51.2 Å². The fourth-order valence-corrected chi connectivity index (χ4v) is 3.62. The van der Waals surface area contributed by atoms with Crippen molar-refractivity contribution in [3.8, 4) is 0 Å². The summed E-state index contributed by atoms with van der Waals surface area (Å²) in [4.78, 5) is 4.02. The summed E-state index contributed by atoms with van der Waals surface area (Å²) in [5.41, 5.74) is 2.39. The summed E-state index contributed by atoms with van der Waals surface area (Å²) in [6.07, 6.45) is 12.6. The molecule has 1 aliphatic rings. The molecule has 21 heavy (non-hydrogen) atoms. The van der Waals surface area contributed by atoms with E-state index in [0.29, 0.717) is 0 Å². The maximum atomic E-state index is 4.64. The first-order chi connectivity index (χ1) is 10.3. The molecule has 1 nitrogen and oxygen atoms in total. The van der Waals surface area contributed by atoms with Gasteiger partial charge in [-0.3, -0.25) is 0 Å². The molecule has 2 rings (SSSR count). The summed E-state index contributed by atoms with van der Waals surface area (Å²) in [5.74, 6) is 1.74. The van der Waals surface area contributed by atoms with Gasteiger partial charge in [-0.05, 0) is 67.4 Å². The average molecular weight is 301 g/mol. The Kier molecular flexibility index (Phi) is 7.12. The molecule has 0 amide bonds. The topological polar surface area (TPSA) is 12.4 Å². The first kappa shape index (κ1) is 16.4. The van der Waals surface area contributed by atoms with E-state index in [2.05, 4.69) is 53.6 Å². The number of unbranched alkanes of at least 4 members (excludes halogenated alkanes) is 3. The lowest BCUT2D eigenvalue weighted by molar-refractivity contribution is 0.302. The molecule has 0 heterocycles. The summed E-state index contributed by atoms with van der Waals surface area (Å²) in [5, 5.41) is 2.43. The molecule has 1 saturated carbocycles. The summed E-state index contributed by atoms with van der Waals surface area (Å²) in [7, 11) is 0. The van der Waals surface area contributed by atoms with Crippen LogP contribution in [0.4, 0.5) is 5.69 Å². The van der Waals surface area contributed by atoms with Gasteiger partial charge in [-0.25, -0.2) is 0 Å². The summed E-state index contributed by atoms with van der Waals surface area (Å²) in [6, 6.07) is 8.56. The normalized spacial score (nSPS) is 21.8. The van der Waals surface area contributed by atoms with Crippen molar-refractivity contribution in [2.75, 3.05) is 0 Å². The number of hydrogen-bond acceptors (Lipinski definition) is 2. The van der Waals surface area contributed by atoms with Gasteiger partial charge in [0.25, 0.3) is 0 Å². The molecule has 0 aliphatic heterocycles. The third-order valence-electron chi connectivity index (χ3n) is 4.85. The lowest BCUT2D eigenvalue weighted by Gasteiger charge is -2.29. The number of thiocarbonyl (C=S) groups is 1. The van der Waals surface area contributed by atoms with Crippen LogP contribution in [-0.2, 0) is 0 Å². The van der Waals surface area contributed by atoms with E-state index in [1.165, 1.54) is 63.4 Å². The average Bonchev–Trinajstić information content (AvgIpc) is 2.53. The van der Waals surface area contributed by atoms with E-state index in [1.54, 1.807) is 0 Å². The standard InChI is InChI=1S/C19H27NS/c1-2-3-4-5-6-16-7-9-17(10-8-16)18-11-13-19(14-12-18)20-15-21/h11-14,16-17H,2-10H2,1H3/t16-,17-. The van der Waals surface area contributed by atoms with Crippen molar-refractivity contribution in [2.45, 2.75) is 70.6 Å². The zero-order valence-corrected chi connectivity index (χ0v) is 14.0. The van der Waals surface area contributed by atoms with Crippen molar-refractivity contribution >= 4 is 23.1 Å². The van der Waals surface area contributed by atoms with Gasteiger partial charge in [-0.2, -0.15) is 4.99 Å². The maximum absolute atomic E-state index is 4.64. The third-order valence-corrected chi connectivity index (χ3v) is 4.94. The first-order valence-electron chi connectivity index (χ1n) is 8.51. The van der Waals surface area contributed by atoms with E-state index in [9.17, 15) is 0 Å². The van der Waals surface area contributed by atoms with Crippen LogP contribution in [-0.4, -0.2) is 5.16 Å². The van der Waals surface area contributed by atoms with E-state index in [-0.39, 0.29) is 0 Å². The van der Waals surface area contributed by atoms with Gasteiger partial charge in [0.05, 0.1) is 10.8 Å². The molecule has 0 spiro atoms. The fourth-order valence-electron chi connectivity index (χ4n) is 3.52. The van der Waals surface area contributed by atoms with Crippen molar-refractivity contribution in [3.63, 3.8) is 0 Å². The zero-order valence-electron chi connectivity index (χ0n) is 13.2. The highest BCUT2D eigenvalue weighted by atomic mass is 32.1. The Morgan fingerprint density at radius 1 is 1.05 bits per heavy atom. The van der Waals surface area contributed by atoms with E-state index in [1.807, 2.05) is 0 Å². The molecule has 2 heteroatoms. The van der Waals surface area contributed by atoms with E-state index in [0.717, 1.165) is 17.5 Å². The quantitative estimate of drug-likeness (QED) is 0.311. The van der Waals surface area contributed by atoms with Crippen molar-refractivity contribution in [2.24, 2.45) is 10.9 Å². The smallest absolute Gasteiger partial charge is 0.0739 e. The second-order valence-electron chi connectivity index (χ2n) is 6.36. The van der Waals surface area contributed by atoms with Gasteiger partial charge >= 0.3 is 0 Å². The Morgan fingerprint density at radius 2 is 1.76 bits per heavy atom. The van der Waals surface area contributed by atoms with E-state index >= 15 is 0 Å². The van der Waals surface area contributed by atoms with Crippen LogP contribution in [0.2, 0.25) is 0 Å². The molecule has 0 unspecified atom stereocenters. The predicted octanol–water partition coefficient (Wildman–Crippen LogP) is 6.67. The minimum Gasteiger partial charge on any atom is -0.195 e. The highest BCUT2D eigenvalue weighted by Gasteiger charge is 2.21. The molecule has 1 aromatic rings. The molecular formula is C19H27NS. The van der Waals surface area contributed by atoms with Crippen LogP contribution in [0.25, 0.3) is 0 Å². The third kappa shape index (κ3) is 5.37. The maximum Gasteiger partial charge on any atom is 0.0739 e. The van der Waals surface area contributed by atoms with E-state index < -0.39 is 0 Å². The van der Waals surface area contributed by atoms with Crippen molar-refractivity contribution in [1.29, 1.82) is 0 Å². The molecular weight excluding hydrogens is 274 g/mol. The van der Waals surface area contributed by atoms with Crippen LogP contribution in [0, 0.1) is 5.92 Å². The SMILES string of the molecule is CCCCCC[C@H]1CC[C@H](c2ccc(N=C=S)cc2)CC1. The Bertz CT molecular complexity index is 451. The van der Waals surface area contributed by atoms with Crippen LogP contribution in [0.1, 0.15) is 76.2 Å². The molecule has 0 atom stereocenters. The number of nitrogens with zero attached hydrogens (tertiary/aromatic N) is 1. The molecule has 1 fully saturated rings. The Morgan fingerprint density at radius 3 is 2.38 bits per heavy atom. The summed E-state index contributed by atoms with van der Waals surface area (Å²) >= 11 is 4.64. The monoisotopic (exact) mass is 301 g/mol. The number of benzene rings is 1. The van der Waals surface area contributed by atoms with Crippen LogP contribution < -0.4 is 0 Å². The molecule has 0 aromatic heterocycles.